The van der Waals surface area contributed by atoms with Gasteiger partial charge in [-0.15, -0.1) is 0 Å². The predicted octanol–water partition coefficient (Wildman–Crippen LogP) is -0.256. The van der Waals surface area contributed by atoms with Gasteiger partial charge in [0.15, 0.2) is 0 Å². The monoisotopic (exact) mass is 167 g/mol. The molecule has 0 heterocycles. The molecule has 0 aromatic rings. The van der Waals surface area contributed by atoms with Crippen LogP contribution in [0.15, 0.2) is 0 Å². The minimum atomic E-state index is -3.25. The molecule has 0 rings (SSSR count). The quantitative estimate of drug-likeness (QED) is 0.566. The largest absolute Gasteiger partial charge is 0.333 e. The van der Waals surface area contributed by atoms with Crippen molar-refractivity contribution in [2.45, 2.75) is 0 Å². The highest BCUT2D eigenvalue weighted by Crippen LogP contribution is 2.34. The molecule has 0 fully saturated rings. The van der Waals surface area contributed by atoms with Crippen molar-refractivity contribution >= 4 is 13.9 Å². The van der Waals surface area contributed by atoms with Crippen LogP contribution in [-0.2, 0) is 4.52 Å². The van der Waals surface area contributed by atoms with Crippen molar-refractivity contribution < 1.29 is 14.3 Å². The predicted molar refractivity (Wildman–Crippen MR) is 43.0 cm³/mol. The molecule has 0 saturated heterocycles. The van der Waals surface area contributed by atoms with E-state index in [1.165, 1.54) is 0 Å². The van der Waals surface area contributed by atoms with Crippen molar-refractivity contribution in [2.24, 2.45) is 0 Å². The van der Waals surface area contributed by atoms with Gasteiger partial charge in [-0.1, -0.05) is 0 Å². The molecule has 0 bridgehead atoms. The number of nitrogens with zero attached hydrogens (tertiary/aromatic N) is 1. The number of hydrogen-bond acceptors (Lipinski definition) is 4. The molecule has 0 aliphatic heterocycles. The molecule has 0 amide bonds. The Hall–Kier alpha value is 0.140. The average Bonchev–Trinajstić information content (AvgIpc) is 1.59. The van der Waals surface area contributed by atoms with Gasteiger partial charge in [0, 0.05) is 6.54 Å². The lowest BCUT2D eigenvalue weighted by molar-refractivity contribution is 0.221. The van der Waals surface area contributed by atoms with Crippen molar-refractivity contribution in [3.8, 4) is 0 Å². The fourth-order valence-electron chi connectivity index (χ4n) is 0.370. The van der Waals surface area contributed by atoms with Crippen LogP contribution in [0.25, 0.3) is 0 Å². The Morgan fingerprint density at radius 3 is 2.30 bits per heavy atom. The van der Waals surface area contributed by atoms with Crippen molar-refractivity contribution in [1.29, 1.82) is 0 Å². The van der Waals surface area contributed by atoms with Gasteiger partial charge >= 0.3 is 0 Å². The Bertz CT molecular complexity index is 131. The zero-order valence-corrected chi connectivity index (χ0v) is 7.21. The third-order valence-electron chi connectivity index (χ3n) is 0.837. The topological polar surface area (TPSA) is 52.9 Å². The number of hydrogen-bond donors (Lipinski definition) is 2. The van der Waals surface area contributed by atoms with Crippen molar-refractivity contribution in [2.75, 3.05) is 27.2 Å². The third kappa shape index (κ3) is 8.14. The van der Waals surface area contributed by atoms with Gasteiger partial charge in [0.1, 0.15) is 0 Å². The van der Waals surface area contributed by atoms with Crippen molar-refractivity contribution in [1.82, 2.24) is 4.90 Å². The molecule has 0 spiro atoms. The maximum Gasteiger partial charge on any atom is 0.245 e. The van der Waals surface area contributed by atoms with Gasteiger partial charge in [-0.25, -0.2) is 0 Å². The van der Waals surface area contributed by atoms with Crippen LogP contribution in [0.2, 0.25) is 0 Å². The highest BCUT2D eigenvalue weighted by atomic mass is 31.2. The normalized spacial score (nSPS) is 12.5. The van der Waals surface area contributed by atoms with Gasteiger partial charge in [-0.2, -0.15) is 0 Å². The van der Waals surface area contributed by atoms with Crippen LogP contribution >= 0.6 is 7.57 Å². The summed E-state index contributed by atoms with van der Waals surface area (Å²) in [5, 5.41) is 0. The summed E-state index contributed by atoms with van der Waals surface area (Å²) >= 11 is 0. The van der Waals surface area contributed by atoms with E-state index in [1.807, 2.05) is 19.0 Å². The molecule has 0 aliphatic carbocycles. The first-order chi connectivity index (χ1) is 4.42. The molecule has 0 aromatic heterocycles. The Balaban J connectivity index is 3.30. The van der Waals surface area contributed by atoms with Gasteiger partial charge in [0.05, 0.1) is 6.61 Å². The van der Waals surface area contributed by atoms with E-state index in [9.17, 15) is 0 Å². The first-order valence-corrected chi connectivity index (χ1v) is 4.70. The van der Waals surface area contributed by atoms with Crippen LogP contribution in [0.4, 0.5) is 0 Å². The Labute approximate surface area is 61.3 Å². The maximum atomic E-state index is 8.65. The average molecular weight is 167 g/mol. The summed E-state index contributed by atoms with van der Waals surface area (Å²) in [7, 11) is 0.504. The van der Waals surface area contributed by atoms with Crippen molar-refractivity contribution in [3.63, 3.8) is 0 Å². The number of rotatable bonds is 4. The van der Waals surface area contributed by atoms with Gasteiger partial charge < -0.3 is 19.2 Å². The molecule has 0 saturated carbocycles. The summed E-state index contributed by atoms with van der Waals surface area (Å²) in [4.78, 5) is 19.2. The van der Waals surface area contributed by atoms with Crippen molar-refractivity contribution in [3.05, 3.63) is 0 Å². The minimum Gasteiger partial charge on any atom is -0.333 e. The zero-order valence-electron chi connectivity index (χ0n) is 6.32. The van der Waals surface area contributed by atoms with E-state index in [1.54, 1.807) is 0 Å². The van der Waals surface area contributed by atoms with Crippen LogP contribution in [-0.4, -0.2) is 48.2 Å². The first-order valence-electron chi connectivity index (χ1n) is 2.90. The van der Waals surface area contributed by atoms with Crippen LogP contribution in [0.5, 0.6) is 0 Å². The van der Waals surface area contributed by atoms with Gasteiger partial charge in [-0.3, -0.25) is 0 Å². The van der Waals surface area contributed by atoms with E-state index >= 15 is 0 Å². The molecule has 0 radical (unpaired) electrons. The van der Waals surface area contributed by atoms with E-state index < -0.39 is 7.57 Å². The van der Waals surface area contributed by atoms with E-state index in [2.05, 4.69) is 10.8 Å². The van der Waals surface area contributed by atoms with Crippen LogP contribution in [0.1, 0.15) is 0 Å². The molecule has 62 valence electrons. The Morgan fingerprint density at radius 2 is 2.00 bits per heavy atom. The van der Waals surface area contributed by atoms with Crippen LogP contribution in [0, 0.1) is 0 Å². The minimum absolute atomic E-state index is 0.303. The van der Waals surface area contributed by atoms with Crippen LogP contribution in [0.3, 0.4) is 0 Å². The molecular weight excluding hydrogens is 153 g/mol. The summed E-state index contributed by atoms with van der Waals surface area (Å²) in [6.07, 6.45) is 3.05. The zero-order chi connectivity index (χ0) is 8.20. The molecule has 0 unspecified atom stereocenters. The lowest BCUT2D eigenvalue weighted by Gasteiger charge is -2.13. The SMILES string of the molecule is C=P(O)(O)OCCN(C)C. The standard InChI is InChI=1S/C5H14NO3P/c1-6(2)4-5-9-10(3,7)8/h7-8H,3-5H2,1-2H3. The number of likely N-dealkylation sites (N-methyl/N-ethyl adjacent to an activating group) is 1. The summed E-state index contributed by atoms with van der Waals surface area (Å²) in [5.41, 5.74) is 0. The second-order valence-electron chi connectivity index (χ2n) is 2.30. The molecule has 2 N–H and O–H groups in total. The van der Waals surface area contributed by atoms with Gasteiger partial charge in [-0.05, 0) is 20.4 Å². The third-order valence-corrected chi connectivity index (χ3v) is 1.43. The summed E-state index contributed by atoms with van der Waals surface area (Å²) in [5.74, 6) is 0. The molecule has 10 heavy (non-hydrogen) atoms. The fraction of sp³-hybridized carbons (Fsp3) is 0.800. The second-order valence-corrected chi connectivity index (χ2v) is 3.89. The lowest BCUT2D eigenvalue weighted by atomic mass is 10.6. The molecule has 5 heteroatoms. The molecule has 0 atom stereocenters. The van der Waals surface area contributed by atoms with Gasteiger partial charge in [0.2, 0.25) is 7.57 Å². The van der Waals surface area contributed by atoms with Crippen LogP contribution < -0.4 is 0 Å². The lowest BCUT2D eigenvalue weighted by Crippen LogP contribution is -2.17. The summed E-state index contributed by atoms with van der Waals surface area (Å²) in [6.45, 7) is 0.968. The first kappa shape index (κ1) is 10.1. The van der Waals surface area contributed by atoms with E-state index in [0.29, 0.717) is 13.2 Å². The fourth-order valence-corrected chi connectivity index (χ4v) is 0.744. The molecule has 0 aliphatic rings. The molecule has 4 nitrogen and oxygen atoms in total. The Morgan fingerprint density at radius 1 is 1.50 bits per heavy atom. The highest BCUT2D eigenvalue weighted by Gasteiger charge is 2.02. The Kier molecular flexibility index (Phi) is 4.17. The highest BCUT2D eigenvalue weighted by molar-refractivity contribution is 7.57. The molecule has 0 aromatic carbocycles. The molecular formula is C5H14NO3P. The van der Waals surface area contributed by atoms with E-state index in [4.69, 9.17) is 9.79 Å². The van der Waals surface area contributed by atoms with E-state index in [0.717, 1.165) is 0 Å². The summed E-state index contributed by atoms with van der Waals surface area (Å²) < 4.78 is 4.61. The maximum absolute atomic E-state index is 8.65. The van der Waals surface area contributed by atoms with E-state index in [-0.39, 0.29) is 0 Å². The van der Waals surface area contributed by atoms with Gasteiger partial charge in [0.25, 0.3) is 0 Å². The summed E-state index contributed by atoms with van der Waals surface area (Å²) in [6, 6.07) is 0. The smallest absolute Gasteiger partial charge is 0.245 e. The second kappa shape index (κ2) is 4.11.